The molecule has 1 N–H and O–H groups in total. The summed E-state index contributed by atoms with van der Waals surface area (Å²) in [6, 6.07) is 7.39. The molecule has 2 heterocycles. The Balaban J connectivity index is 2.06. The van der Waals surface area contributed by atoms with Crippen molar-refractivity contribution in [2.75, 3.05) is 32.6 Å². The number of nitrogens with zero attached hydrogens (tertiary/aromatic N) is 2. The molecule has 7 heteroatoms. The molecule has 2 fully saturated rings. The van der Waals surface area contributed by atoms with E-state index in [1.54, 1.807) is 6.92 Å². The van der Waals surface area contributed by atoms with E-state index in [4.69, 9.17) is 4.74 Å². The van der Waals surface area contributed by atoms with Crippen LogP contribution >= 0.6 is 0 Å². The van der Waals surface area contributed by atoms with E-state index in [0.717, 1.165) is 16.2 Å². The summed E-state index contributed by atoms with van der Waals surface area (Å²) in [7, 11) is 5.40. The Kier molecular flexibility index (Phi) is 4.99. The zero-order valence-electron chi connectivity index (χ0n) is 16.5. The number of amides is 2. The number of hydrogen-bond donors (Lipinski definition) is 1. The van der Waals surface area contributed by atoms with E-state index in [2.05, 4.69) is 5.32 Å². The highest BCUT2D eigenvalue weighted by Gasteiger charge is 2.67. The maximum absolute atomic E-state index is 12.9. The van der Waals surface area contributed by atoms with Gasteiger partial charge in [-0.1, -0.05) is 19.1 Å². The van der Waals surface area contributed by atoms with Gasteiger partial charge >= 0.3 is 5.97 Å². The summed E-state index contributed by atoms with van der Waals surface area (Å²) in [5.41, 5.74) is 0.723. The summed E-state index contributed by atoms with van der Waals surface area (Å²) in [6.07, 6.45) is 0.367. The first kappa shape index (κ1) is 19.4. The van der Waals surface area contributed by atoms with Gasteiger partial charge in [-0.2, -0.15) is 0 Å². The lowest BCUT2D eigenvalue weighted by molar-refractivity contribution is -0.156. The molecule has 2 aliphatic rings. The number of nitrogens with one attached hydrogen (secondary N) is 1. The summed E-state index contributed by atoms with van der Waals surface area (Å²) < 4.78 is 5.29. The third-order valence-corrected chi connectivity index (χ3v) is 5.84. The molecule has 0 aliphatic carbocycles. The second-order valence-corrected chi connectivity index (χ2v) is 7.39. The minimum atomic E-state index is -1.19. The highest BCUT2D eigenvalue weighted by molar-refractivity contribution is 6.09. The van der Waals surface area contributed by atoms with Crippen LogP contribution in [-0.2, 0) is 19.1 Å². The molecule has 4 atom stereocenters. The maximum Gasteiger partial charge on any atom is 0.327 e. The fourth-order valence-electron chi connectivity index (χ4n) is 4.33. The second-order valence-electron chi connectivity index (χ2n) is 7.39. The van der Waals surface area contributed by atoms with Crippen LogP contribution < -0.4 is 10.2 Å². The molecule has 146 valence electrons. The van der Waals surface area contributed by atoms with Crippen LogP contribution in [0.5, 0.6) is 0 Å². The lowest BCUT2D eigenvalue weighted by Gasteiger charge is -2.31. The number of esters is 1. The lowest BCUT2D eigenvalue weighted by Crippen LogP contribution is -2.55. The first-order chi connectivity index (χ1) is 12.8. The number of carbonyl (C=O) groups excluding carboxylic acids is 3. The first-order valence-electron chi connectivity index (χ1n) is 9.32. The molecule has 0 spiro atoms. The molecule has 2 aliphatic heterocycles. The average Bonchev–Trinajstić information content (AvgIpc) is 3.12. The first-order valence-corrected chi connectivity index (χ1v) is 9.32. The largest absolute Gasteiger partial charge is 0.465 e. The molecule has 1 aromatic carbocycles. The minimum Gasteiger partial charge on any atom is -0.465 e. The molecular formula is C20H27N3O4. The summed E-state index contributed by atoms with van der Waals surface area (Å²) in [5.74, 6) is -2.40. The van der Waals surface area contributed by atoms with Crippen molar-refractivity contribution < 1.29 is 19.1 Å². The van der Waals surface area contributed by atoms with Gasteiger partial charge < -0.3 is 9.64 Å². The van der Waals surface area contributed by atoms with Crippen LogP contribution in [0.1, 0.15) is 31.9 Å². The lowest BCUT2D eigenvalue weighted by atomic mass is 9.78. The zero-order chi connectivity index (χ0) is 19.9. The monoisotopic (exact) mass is 373 g/mol. The van der Waals surface area contributed by atoms with E-state index < -0.39 is 29.4 Å². The van der Waals surface area contributed by atoms with Crippen LogP contribution in [0.3, 0.4) is 0 Å². The molecule has 0 unspecified atom stereocenters. The number of hydrogen-bond acceptors (Lipinski definition) is 6. The van der Waals surface area contributed by atoms with E-state index in [1.807, 2.05) is 50.2 Å². The molecule has 0 bridgehead atoms. The van der Waals surface area contributed by atoms with Crippen molar-refractivity contribution >= 4 is 23.5 Å². The van der Waals surface area contributed by atoms with E-state index >= 15 is 0 Å². The minimum absolute atomic E-state index is 0.222. The van der Waals surface area contributed by atoms with Crippen molar-refractivity contribution in [3.8, 4) is 0 Å². The summed E-state index contributed by atoms with van der Waals surface area (Å²) >= 11 is 0. The maximum atomic E-state index is 12.9. The molecule has 0 saturated carbocycles. The van der Waals surface area contributed by atoms with Crippen LogP contribution in [-0.4, -0.2) is 56.0 Å². The van der Waals surface area contributed by atoms with Gasteiger partial charge in [-0.05, 0) is 31.0 Å². The third kappa shape index (κ3) is 2.81. The van der Waals surface area contributed by atoms with Crippen molar-refractivity contribution in [1.82, 2.24) is 10.2 Å². The highest BCUT2D eigenvalue weighted by atomic mass is 16.5. The Hall–Kier alpha value is -2.41. The number of likely N-dealkylation sites (tertiary alicyclic amines) is 1. The van der Waals surface area contributed by atoms with E-state index in [9.17, 15) is 14.4 Å². The fourth-order valence-corrected chi connectivity index (χ4v) is 4.33. The van der Waals surface area contributed by atoms with Crippen molar-refractivity contribution in [3.63, 3.8) is 0 Å². The molecule has 1 aromatic rings. The topological polar surface area (TPSA) is 79.0 Å². The number of imide groups is 1. The van der Waals surface area contributed by atoms with Gasteiger partial charge in [0.15, 0.2) is 0 Å². The molecule has 0 aromatic heterocycles. The van der Waals surface area contributed by atoms with Gasteiger partial charge in [0.2, 0.25) is 11.8 Å². The van der Waals surface area contributed by atoms with Crippen LogP contribution in [0.4, 0.5) is 5.69 Å². The average molecular weight is 373 g/mol. The molecule has 7 nitrogen and oxygen atoms in total. The van der Waals surface area contributed by atoms with Gasteiger partial charge in [0.25, 0.3) is 0 Å². The Morgan fingerprint density at radius 1 is 1.19 bits per heavy atom. The second kappa shape index (κ2) is 6.96. The molecular weight excluding hydrogens is 346 g/mol. The quantitative estimate of drug-likeness (QED) is 0.620. The van der Waals surface area contributed by atoms with Gasteiger partial charge in [-0.15, -0.1) is 0 Å². The van der Waals surface area contributed by atoms with Crippen molar-refractivity contribution in [2.45, 2.75) is 31.8 Å². The van der Waals surface area contributed by atoms with Crippen LogP contribution in [0.2, 0.25) is 0 Å². The molecule has 3 rings (SSSR count). The summed E-state index contributed by atoms with van der Waals surface area (Å²) in [5, 5.41) is 3.33. The van der Waals surface area contributed by atoms with E-state index in [0.29, 0.717) is 6.42 Å². The highest BCUT2D eigenvalue weighted by Crippen LogP contribution is 2.50. The van der Waals surface area contributed by atoms with Crippen LogP contribution in [0.25, 0.3) is 0 Å². The zero-order valence-corrected chi connectivity index (χ0v) is 16.5. The van der Waals surface area contributed by atoms with Crippen molar-refractivity contribution in [3.05, 3.63) is 29.8 Å². The van der Waals surface area contributed by atoms with Gasteiger partial charge in [-0.25, -0.2) is 0 Å². The molecule has 0 radical (unpaired) electrons. The SMILES string of the molecule is CCOC(=O)[C@]1(CC)N[C@H](c2ccc(N(C)C)cc2)[C@@H]2C(=O)N(C)C(=O)[C@@H]21. The number of rotatable bonds is 5. The normalized spacial score (nSPS) is 29.8. The number of fused-ring (bicyclic) bond motifs is 1. The summed E-state index contributed by atoms with van der Waals surface area (Å²) in [6.45, 7) is 3.80. The van der Waals surface area contributed by atoms with Gasteiger partial charge in [0.05, 0.1) is 18.4 Å². The molecule has 27 heavy (non-hydrogen) atoms. The third-order valence-electron chi connectivity index (χ3n) is 5.84. The number of ether oxygens (including phenoxy) is 1. The molecule has 2 amide bonds. The summed E-state index contributed by atoms with van der Waals surface area (Å²) in [4.78, 5) is 41.7. The smallest absolute Gasteiger partial charge is 0.327 e. The van der Waals surface area contributed by atoms with Crippen LogP contribution in [0, 0.1) is 11.8 Å². The van der Waals surface area contributed by atoms with E-state index in [-0.39, 0.29) is 18.4 Å². The predicted molar refractivity (Wildman–Crippen MR) is 101 cm³/mol. The molecule has 2 saturated heterocycles. The van der Waals surface area contributed by atoms with Crippen molar-refractivity contribution in [2.24, 2.45) is 11.8 Å². The number of anilines is 1. The van der Waals surface area contributed by atoms with E-state index in [1.165, 1.54) is 7.05 Å². The Morgan fingerprint density at radius 2 is 1.81 bits per heavy atom. The fraction of sp³-hybridized carbons (Fsp3) is 0.550. The van der Waals surface area contributed by atoms with Gasteiger partial charge in [0.1, 0.15) is 5.54 Å². The van der Waals surface area contributed by atoms with Crippen molar-refractivity contribution in [1.29, 1.82) is 0 Å². The number of carbonyl (C=O) groups is 3. The Labute approximate surface area is 159 Å². The number of benzene rings is 1. The Morgan fingerprint density at radius 3 is 2.33 bits per heavy atom. The van der Waals surface area contributed by atoms with Gasteiger partial charge in [-0.3, -0.25) is 24.6 Å². The Bertz CT molecular complexity index is 761. The predicted octanol–water partition coefficient (Wildman–Crippen LogP) is 1.34. The van der Waals surface area contributed by atoms with Crippen LogP contribution in [0.15, 0.2) is 24.3 Å². The standard InChI is InChI=1S/C20H27N3O4/c1-6-20(19(26)27-7-2)15-14(17(24)23(5)18(15)25)16(21-20)12-8-10-13(11-9-12)22(3)4/h8-11,14-16,21H,6-7H2,1-5H3/t14-,15-,16-,20-/m1/s1. The van der Waals surface area contributed by atoms with Gasteiger partial charge in [0, 0.05) is 32.9 Å².